The van der Waals surface area contributed by atoms with Gasteiger partial charge in [0.1, 0.15) is 17.6 Å². The summed E-state index contributed by atoms with van der Waals surface area (Å²) in [6, 6.07) is 9.78. The molecule has 3 heterocycles. The van der Waals surface area contributed by atoms with Gasteiger partial charge in [0.25, 0.3) is 5.91 Å². The number of aromatic nitrogens is 2. The van der Waals surface area contributed by atoms with Crippen molar-refractivity contribution < 1.29 is 38.6 Å². The number of rotatable bonds is 11. The summed E-state index contributed by atoms with van der Waals surface area (Å²) in [6.45, 7) is 4.12. The maximum atomic E-state index is 13.6. The molecule has 2 aliphatic rings. The largest absolute Gasteiger partial charge is 0.527 e. The molecule has 2 saturated heterocycles. The molecule has 0 saturated carbocycles. The summed E-state index contributed by atoms with van der Waals surface area (Å²) in [4.78, 5) is 68.0. The Kier molecular flexibility index (Phi) is 11.2. The van der Waals surface area contributed by atoms with Crippen LogP contribution in [0.2, 0.25) is 0 Å². The number of methoxy groups -OCH3 is 1. The third kappa shape index (κ3) is 8.85. The molecule has 0 unspecified atom stereocenters. The Balaban J connectivity index is 1.51. The zero-order chi connectivity index (χ0) is 30.8. The minimum Gasteiger partial charge on any atom is -0.481 e. The van der Waals surface area contributed by atoms with Gasteiger partial charge in [-0.25, -0.2) is 14.8 Å². The molecule has 232 valence electrons. The molecule has 14 nitrogen and oxygen atoms in total. The minimum absolute atomic E-state index is 0.0681. The zero-order valence-corrected chi connectivity index (χ0v) is 24.4. The lowest BCUT2D eigenvalue weighted by molar-refractivity contribution is -0.157. The van der Waals surface area contributed by atoms with E-state index in [0.29, 0.717) is 24.7 Å². The molecule has 4 rings (SSSR count). The van der Waals surface area contributed by atoms with Crippen LogP contribution in [-0.2, 0) is 23.9 Å². The maximum absolute atomic E-state index is 13.6. The third-order valence-electron chi connectivity index (χ3n) is 7.34. The number of ether oxygens (including phenoxy) is 2. The van der Waals surface area contributed by atoms with Crippen molar-refractivity contribution in [2.24, 2.45) is 0 Å². The fraction of sp³-hybridized carbons (Fsp3) is 0.517. The van der Waals surface area contributed by atoms with Crippen molar-refractivity contribution in [3.63, 3.8) is 0 Å². The number of nitrogens with one attached hydrogen (secondary N) is 1. The van der Waals surface area contributed by atoms with Crippen molar-refractivity contribution in [3.05, 3.63) is 42.1 Å². The van der Waals surface area contributed by atoms with Crippen LogP contribution in [-0.4, -0.2) is 114 Å². The second kappa shape index (κ2) is 15.3. The molecule has 2 aromatic rings. The number of carboxylic acids is 1. The number of amides is 2. The van der Waals surface area contributed by atoms with Gasteiger partial charge in [0.15, 0.2) is 5.82 Å². The van der Waals surface area contributed by atoms with Gasteiger partial charge in [-0.2, -0.15) is 0 Å². The highest BCUT2D eigenvalue weighted by atomic mass is 16.8. The highest BCUT2D eigenvalue weighted by Gasteiger charge is 2.31. The van der Waals surface area contributed by atoms with E-state index in [2.05, 4.69) is 15.2 Å². The number of benzene rings is 1. The van der Waals surface area contributed by atoms with Crippen LogP contribution < -0.4 is 10.2 Å². The quantitative estimate of drug-likeness (QED) is 0.362. The first-order chi connectivity index (χ1) is 20.8. The molecule has 0 radical (unpaired) electrons. The first-order valence-corrected chi connectivity index (χ1v) is 14.4. The zero-order valence-electron chi connectivity index (χ0n) is 24.4. The fourth-order valence-electron chi connectivity index (χ4n) is 4.98. The van der Waals surface area contributed by atoms with E-state index in [-0.39, 0.29) is 57.4 Å². The number of carbonyl (C=O) groups is 4. The van der Waals surface area contributed by atoms with Gasteiger partial charge in [0, 0.05) is 51.3 Å². The van der Waals surface area contributed by atoms with Crippen LogP contribution in [0.15, 0.2) is 36.4 Å². The van der Waals surface area contributed by atoms with Crippen LogP contribution in [0.3, 0.4) is 0 Å². The second-order valence-corrected chi connectivity index (χ2v) is 10.2. The van der Waals surface area contributed by atoms with Gasteiger partial charge in [-0.15, -0.1) is 5.06 Å². The number of anilines is 1. The monoisotopic (exact) mass is 598 g/mol. The predicted octanol–water partition coefficient (Wildman–Crippen LogP) is 1.95. The number of piperazine rings is 1. The molecule has 1 aromatic heterocycles. The summed E-state index contributed by atoms with van der Waals surface area (Å²) in [6.07, 6.45) is 0.540. The molecule has 0 bridgehead atoms. The van der Waals surface area contributed by atoms with Gasteiger partial charge in [0.05, 0.1) is 25.8 Å². The van der Waals surface area contributed by atoms with Crippen LogP contribution >= 0.6 is 0 Å². The van der Waals surface area contributed by atoms with Crippen LogP contribution in [0, 0.1) is 0 Å². The summed E-state index contributed by atoms with van der Waals surface area (Å²) in [7, 11) is 1.69. The Bertz CT molecular complexity index is 1260. The third-order valence-corrected chi connectivity index (χ3v) is 7.34. The van der Waals surface area contributed by atoms with E-state index in [1.54, 1.807) is 20.1 Å². The summed E-state index contributed by atoms with van der Waals surface area (Å²) >= 11 is 0. The van der Waals surface area contributed by atoms with Crippen molar-refractivity contribution in [1.82, 2.24) is 25.2 Å². The van der Waals surface area contributed by atoms with Gasteiger partial charge < -0.3 is 34.5 Å². The van der Waals surface area contributed by atoms with Crippen LogP contribution in [0.4, 0.5) is 10.6 Å². The summed E-state index contributed by atoms with van der Waals surface area (Å²) in [5.41, 5.74) is 0.796. The molecule has 14 heteroatoms. The number of piperidine rings is 1. The van der Waals surface area contributed by atoms with Gasteiger partial charge in [-0.05, 0) is 26.2 Å². The molecule has 43 heavy (non-hydrogen) atoms. The van der Waals surface area contributed by atoms with Crippen LogP contribution in [0.1, 0.15) is 43.1 Å². The minimum atomic E-state index is -1.10. The number of hydrogen-bond acceptors (Lipinski definition) is 11. The van der Waals surface area contributed by atoms with Gasteiger partial charge in [-0.1, -0.05) is 30.3 Å². The van der Waals surface area contributed by atoms with Gasteiger partial charge >= 0.3 is 12.1 Å². The molecule has 2 aliphatic heterocycles. The molecular formula is C29H38N6O8. The lowest BCUT2D eigenvalue weighted by atomic mass is 10.1. The van der Waals surface area contributed by atoms with Crippen molar-refractivity contribution in [2.75, 3.05) is 57.9 Å². The van der Waals surface area contributed by atoms with Crippen LogP contribution in [0.5, 0.6) is 0 Å². The highest BCUT2D eigenvalue weighted by molar-refractivity contribution is 5.97. The molecule has 1 atom stereocenters. The lowest BCUT2D eigenvalue weighted by Gasteiger charge is -2.35. The number of carboxylic acid groups (broad SMARTS) is 1. The van der Waals surface area contributed by atoms with E-state index < -0.39 is 30.0 Å². The first kappa shape index (κ1) is 31.6. The average Bonchev–Trinajstić information content (AvgIpc) is 3.03. The van der Waals surface area contributed by atoms with Crippen molar-refractivity contribution >= 4 is 29.8 Å². The van der Waals surface area contributed by atoms with E-state index in [0.717, 1.165) is 18.4 Å². The Labute approximate surface area is 249 Å². The Morgan fingerprint density at radius 1 is 1.02 bits per heavy atom. The van der Waals surface area contributed by atoms with Gasteiger partial charge in [0.2, 0.25) is 5.91 Å². The fourth-order valence-corrected chi connectivity index (χ4v) is 4.98. The standard InChI is InChI=1S/C29H38N6O8/c1-3-42-29(40)43-35-17-15-34(16-18-35)28(39)22(9-10-25(36)37)31-27(38)23-19-24(33-13-11-21(41-2)12-14-33)32-26(30-23)20-7-5-4-6-8-20/h4-8,19,21-22H,3,9-18H2,1-2H3,(H,31,38)(H,36,37)/t22-/m0/s1. The summed E-state index contributed by atoms with van der Waals surface area (Å²) in [5.74, 6) is -1.18. The lowest BCUT2D eigenvalue weighted by Crippen LogP contribution is -2.55. The first-order valence-electron chi connectivity index (χ1n) is 14.4. The van der Waals surface area contributed by atoms with Crippen molar-refractivity contribution in [2.45, 2.75) is 44.8 Å². The Morgan fingerprint density at radius 3 is 2.35 bits per heavy atom. The predicted molar refractivity (Wildman–Crippen MR) is 154 cm³/mol. The number of hydrogen-bond donors (Lipinski definition) is 2. The SMILES string of the molecule is CCOC(=O)ON1CCN(C(=O)[C@H](CCC(=O)O)NC(=O)c2cc(N3CCC(OC)CC3)nc(-c3ccccc3)n2)CC1. The Hall–Kier alpha value is -4.30. The summed E-state index contributed by atoms with van der Waals surface area (Å²) < 4.78 is 10.3. The van der Waals surface area contributed by atoms with Crippen molar-refractivity contribution in [1.29, 1.82) is 0 Å². The number of nitrogens with zero attached hydrogens (tertiary/aromatic N) is 5. The van der Waals surface area contributed by atoms with E-state index in [9.17, 15) is 24.3 Å². The van der Waals surface area contributed by atoms with Crippen molar-refractivity contribution in [3.8, 4) is 11.4 Å². The van der Waals surface area contributed by atoms with E-state index in [1.165, 1.54) is 9.96 Å². The second-order valence-electron chi connectivity index (χ2n) is 10.2. The van der Waals surface area contributed by atoms with E-state index >= 15 is 0 Å². The molecule has 2 amide bonds. The molecule has 0 spiro atoms. The van der Waals surface area contributed by atoms with Crippen LogP contribution in [0.25, 0.3) is 11.4 Å². The van der Waals surface area contributed by atoms with Gasteiger partial charge in [-0.3, -0.25) is 14.4 Å². The smallest absolute Gasteiger partial charge is 0.481 e. The van der Waals surface area contributed by atoms with E-state index in [4.69, 9.17) is 19.3 Å². The molecular weight excluding hydrogens is 560 g/mol. The number of carbonyl (C=O) groups excluding carboxylic acids is 3. The Morgan fingerprint density at radius 2 is 1.72 bits per heavy atom. The topological polar surface area (TPSA) is 164 Å². The normalized spacial score (nSPS) is 16.8. The maximum Gasteiger partial charge on any atom is 0.527 e. The molecule has 2 N–H and O–H groups in total. The van der Waals surface area contributed by atoms with E-state index in [1.807, 2.05) is 30.3 Å². The average molecular weight is 599 g/mol. The molecule has 0 aliphatic carbocycles. The molecule has 1 aromatic carbocycles. The number of hydroxylamine groups is 2. The molecule has 2 fully saturated rings. The number of aliphatic carboxylic acids is 1. The summed E-state index contributed by atoms with van der Waals surface area (Å²) in [5, 5.41) is 13.4. The highest BCUT2D eigenvalue weighted by Crippen LogP contribution is 2.24.